The molecule has 0 saturated carbocycles. The Bertz CT molecular complexity index is 2710. The number of hydrogen-bond acceptors (Lipinski definition) is 28. The molecule has 0 radical (unpaired) electrons. The Labute approximate surface area is 536 Å². The minimum absolute atomic E-state index is 0.623. The number of H-pyrrole nitrogens is 2. The van der Waals surface area contributed by atoms with Gasteiger partial charge in [0.1, 0.15) is 58.0 Å². The van der Waals surface area contributed by atoms with Crippen LogP contribution in [0.2, 0.25) is 0 Å². The second-order valence-corrected chi connectivity index (χ2v) is 19.7. The Morgan fingerprint density at radius 2 is 0.898 bits per heavy atom. The summed E-state index contributed by atoms with van der Waals surface area (Å²) in [4.78, 5) is 43.0. The lowest BCUT2D eigenvalue weighted by molar-refractivity contribution is 0.389. The first-order chi connectivity index (χ1) is 41.9. The van der Waals surface area contributed by atoms with Gasteiger partial charge in [0.05, 0.1) is 58.1 Å². The molecule has 0 aromatic carbocycles. The number of aromatic amines is 2. The van der Waals surface area contributed by atoms with Crippen LogP contribution < -0.4 is 0 Å². The maximum Gasteiger partial charge on any atom is 0.223 e. The lowest BCUT2D eigenvalue weighted by Crippen LogP contribution is -1.89. The summed E-state index contributed by atoms with van der Waals surface area (Å²) in [6, 6.07) is 0. The number of nitrogens with zero attached hydrogens (tertiary/aromatic N) is 22. The number of rotatable bonds is 0. The first kappa shape index (κ1) is 86.1. The summed E-state index contributed by atoms with van der Waals surface area (Å²) < 4.78 is 28.4. The van der Waals surface area contributed by atoms with Crippen molar-refractivity contribution in [2.24, 2.45) is 14.1 Å². The van der Waals surface area contributed by atoms with Gasteiger partial charge >= 0.3 is 0 Å². The van der Waals surface area contributed by atoms with Crippen LogP contribution in [0.15, 0.2) is 79.3 Å². The van der Waals surface area contributed by atoms with Crippen molar-refractivity contribution in [1.82, 2.24) is 119 Å². The third-order valence-corrected chi connectivity index (χ3v) is 11.7. The van der Waals surface area contributed by atoms with E-state index in [0.717, 1.165) is 67.5 Å². The van der Waals surface area contributed by atoms with Crippen LogP contribution in [0.1, 0.15) is 156 Å². The van der Waals surface area contributed by atoms with Crippen molar-refractivity contribution in [3.63, 3.8) is 0 Å². The van der Waals surface area contributed by atoms with E-state index in [9.17, 15) is 0 Å². The molecule has 28 nitrogen and oxygen atoms in total. The van der Waals surface area contributed by atoms with Crippen LogP contribution in [0.5, 0.6) is 0 Å². The van der Waals surface area contributed by atoms with Crippen molar-refractivity contribution in [3.05, 3.63) is 162 Å². The molecule has 12 aromatic rings. The third-order valence-electron chi connectivity index (χ3n) is 8.60. The van der Waals surface area contributed by atoms with Crippen LogP contribution in [0.25, 0.3) is 0 Å². The quantitative estimate of drug-likeness (QED) is 0.142. The van der Waals surface area contributed by atoms with Crippen LogP contribution in [0, 0.1) is 125 Å². The molecule has 32 heteroatoms. The normalized spacial score (nSPS) is 8.68. The van der Waals surface area contributed by atoms with E-state index in [1.165, 1.54) is 63.1 Å². The average Bonchev–Trinajstić information content (AvgIpc) is 4.34. The van der Waals surface area contributed by atoms with Gasteiger partial charge in [-0.1, -0.05) is 65.7 Å². The van der Waals surface area contributed by atoms with Gasteiger partial charge in [0.25, 0.3) is 0 Å². The van der Waals surface area contributed by atoms with E-state index >= 15 is 0 Å². The van der Waals surface area contributed by atoms with Gasteiger partial charge in [-0.15, -0.1) is 22.7 Å². The zero-order chi connectivity index (χ0) is 67.8. The Hall–Kier alpha value is -8.36. The molecule has 0 fully saturated rings. The molecule has 12 rings (SSSR count). The molecule has 12 aromatic heterocycles. The van der Waals surface area contributed by atoms with E-state index < -0.39 is 0 Å². The summed E-state index contributed by atoms with van der Waals surface area (Å²) in [6.07, 6.45) is 12.5. The van der Waals surface area contributed by atoms with Gasteiger partial charge in [0, 0.05) is 37.7 Å². The maximum atomic E-state index is 4.85. The lowest BCUT2D eigenvalue weighted by Gasteiger charge is -1.77. The highest BCUT2D eigenvalue weighted by Gasteiger charge is 1.94. The molecule has 0 amide bonds. The molecule has 0 aliphatic rings. The molecule has 488 valence electrons. The number of aryl methyl sites for hydroxylation is 20. The van der Waals surface area contributed by atoms with Crippen molar-refractivity contribution in [3.8, 4) is 0 Å². The van der Waals surface area contributed by atoms with Crippen LogP contribution in [0.3, 0.4) is 0 Å². The van der Waals surface area contributed by atoms with Crippen molar-refractivity contribution >= 4 is 45.7 Å². The van der Waals surface area contributed by atoms with Gasteiger partial charge in [-0.3, -0.25) is 9.78 Å². The van der Waals surface area contributed by atoms with Crippen LogP contribution >= 0.6 is 45.7 Å². The molecule has 88 heavy (non-hydrogen) atoms. The summed E-state index contributed by atoms with van der Waals surface area (Å²) in [6.45, 7) is 50.3. The third kappa shape index (κ3) is 49.9. The highest BCUT2D eigenvalue weighted by atomic mass is 32.1. The summed E-state index contributed by atoms with van der Waals surface area (Å²) >= 11 is 6.27. The number of nitrogens with one attached hydrogen (secondary N) is 2. The Balaban J connectivity index is -0.000000433. The summed E-state index contributed by atoms with van der Waals surface area (Å²) in [7, 11) is 3.60. The van der Waals surface area contributed by atoms with E-state index in [1.54, 1.807) is 87.0 Å². The molecule has 0 bridgehead atoms. The van der Waals surface area contributed by atoms with Gasteiger partial charge in [0.2, 0.25) is 11.8 Å². The standard InChI is InChI=1S/2C5H7NO.2C5H7NS.2C4H6N2O.2C4H6N2S.4C3H5N3.4C2H6/c4*1-4-5(2)7-3-6-4;4*1-3-5-4(2)7-6-3;1-6-3-4-2-5-6;1-6-4-2-3-5-6;1-3-4-2-5-6-3;1-3-2-4-6-5-3;4*1-2/h4*3H,1-2H3;4*1-2H3;2*2-3H,1H3;2*2H,1H3,(H,4,5,6);4*1-2H3. The van der Waals surface area contributed by atoms with Crippen molar-refractivity contribution in [2.75, 3.05) is 0 Å². The molecule has 0 aliphatic carbocycles. The number of oxazole rings is 2. The molecule has 0 saturated heterocycles. The van der Waals surface area contributed by atoms with Gasteiger partial charge in [-0.05, 0) is 134 Å². The van der Waals surface area contributed by atoms with Crippen molar-refractivity contribution in [2.45, 2.75) is 180 Å². The largest absolute Gasteiger partial charge is 0.449 e. The minimum atomic E-state index is 0.623. The zero-order valence-electron chi connectivity index (χ0n) is 56.9. The fourth-order valence-corrected chi connectivity index (χ4v) is 6.26. The molecular weight excluding hydrogens is 1200 g/mol. The zero-order valence-corrected chi connectivity index (χ0v) is 60.1. The highest BCUT2D eigenvalue weighted by Crippen LogP contribution is 2.09. The van der Waals surface area contributed by atoms with Gasteiger partial charge in [0.15, 0.2) is 24.4 Å². The molecule has 0 spiro atoms. The number of aromatic nitrogens is 24. The Kier molecular flexibility index (Phi) is 55.2. The fraction of sp³-hybridized carbons (Fsp3) is 0.500. The lowest BCUT2D eigenvalue weighted by atomic mass is 10.4. The predicted octanol–water partition coefficient (Wildman–Crippen LogP) is 13.7. The molecule has 0 atom stereocenters. The maximum absolute atomic E-state index is 4.85. The fourth-order valence-electron chi connectivity index (χ4n) is 4.12. The van der Waals surface area contributed by atoms with Crippen molar-refractivity contribution < 1.29 is 17.9 Å². The van der Waals surface area contributed by atoms with Gasteiger partial charge in [-0.2, -0.15) is 59.3 Å². The van der Waals surface area contributed by atoms with E-state index in [-0.39, 0.29) is 0 Å². The molecule has 0 aliphatic heterocycles. The highest BCUT2D eigenvalue weighted by molar-refractivity contribution is 7.10. The van der Waals surface area contributed by atoms with E-state index in [1.807, 2.05) is 157 Å². The second kappa shape index (κ2) is 56.4. The average molecular weight is 1300 g/mol. The van der Waals surface area contributed by atoms with Crippen LogP contribution in [-0.4, -0.2) is 119 Å². The van der Waals surface area contributed by atoms with Gasteiger partial charge < -0.3 is 17.9 Å². The van der Waals surface area contributed by atoms with E-state index in [0.29, 0.717) is 23.4 Å². The van der Waals surface area contributed by atoms with Gasteiger partial charge in [-0.25, -0.2) is 39.9 Å². The number of hydrogen-bond donors (Lipinski definition) is 2. The smallest absolute Gasteiger partial charge is 0.223 e. The van der Waals surface area contributed by atoms with Crippen LogP contribution in [-0.2, 0) is 14.1 Å². The van der Waals surface area contributed by atoms with E-state index in [2.05, 4.69) is 133 Å². The summed E-state index contributed by atoms with van der Waals surface area (Å²) in [5.41, 5.74) is 8.92. The molecular formula is C56H96N24O4S4. The predicted molar refractivity (Wildman–Crippen MR) is 351 cm³/mol. The SMILES string of the molecule is CC.CC.CC.CC.Cc1cn[nH]n1.Cc1ncn[nH]1.Cc1ncoc1C.Cc1ncoc1C.Cc1ncsc1C.Cc1ncsc1C.Cc1noc(C)n1.Cc1noc(C)n1.Cc1nsc(C)n1.Cc1nsc(C)n1.Cn1cncn1.Cn1nccn1. The second-order valence-electron chi connectivity index (χ2n) is 15.7. The summed E-state index contributed by atoms with van der Waals surface area (Å²) in [5.74, 6) is 7.05. The summed E-state index contributed by atoms with van der Waals surface area (Å²) in [5, 5.41) is 36.2. The Morgan fingerprint density at radius 3 is 0.989 bits per heavy atom. The monoisotopic (exact) mass is 1300 g/mol. The molecule has 12 heterocycles. The van der Waals surface area contributed by atoms with E-state index in [4.69, 9.17) is 8.83 Å². The first-order valence-corrected chi connectivity index (χ1v) is 31.0. The molecule has 0 unspecified atom stereocenters. The first-order valence-electron chi connectivity index (χ1n) is 27.7. The van der Waals surface area contributed by atoms with Crippen LogP contribution in [0.4, 0.5) is 0 Å². The number of thiazole rings is 2. The minimum Gasteiger partial charge on any atom is -0.449 e. The molecule has 2 N–H and O–H groups in total. The Morgan fingerprint density at radius 1 is 0.466 bits per heavy atom. The van der Waals surface area contributed by atoms with Crippen molar-refractivity contribution in [1.29, 1.82) is 0 Å². The topological polar surface area (TPSA) is 352 Å².